The number of carboxylic acids is 1. The highest BCUT2D eigenvalue weighted by molar-refractivity contribution is 5.79. The quantitative estimate of drug-likeness (QED) is 0.861. The summed E-state index contributed by atoms with van der Waals surface area (Å²) in [5.41, 5.74) is 0. The first-order valence-corrected chi connectivity index (χ1v) is 6.88. The molecule has 0 aliphatic carbocycles. The SMILES string of the molecule is COc1cccc(OCC(=O)N2CCC[C@H]2CC(=O)O)c1. The molecule has 0 radical (unpaired) electrons. The molecule has 0 saturated carbocycles. The van der Waals surface area contributed by atoms with E-state index in [1.807, 2.05) is 0 Å². The number of hydrogen-bond acceptors (Lipinski definition) is 4. The molecule has 0 unspecified atom stereocenters. The first kappa shape index (κ1) is 15.2. The number of carboxylic acid groups (broad SMARTS) is 1. The number of carbonyl (C=O) groups is 2. The van der Waals surface area contributed by atoms with Gasteiger partial charge in [-0.05, 0) is 25.0 Å². The van der Waals surface area contributed by atoms with Gasteiger partial charge in [0.15, 0.2) is 6.61 Å². The van der Waals surface area contributed by atoms with E-state index < -0.39 is 5.97 Å². The number of rotatable bonds is 6. The van der Waals surface area contributed by atoms with Crippen LogP contribution < -0.4 is 9.47 Å². The highest BCUT2D eigenvalue weighted by atomic mass is 16.5. The van der Waals surface area contributed by atoms with Crippen LogP contribution >= 0.6 is 0 Å². The van der Waals surface area contributed by atoms with E-state index in [0.29, 0.717) is 18.0 Å². The first-order valence-electron chi connectivity index (χ1n) is 6.88. The lowest BCUT2D eigenvalue weighted by Crippen LogP contribution is -2.39. The maximum absolute atomic E-state index is 12.1. The number of ether oxygens (including phenoxy) is 2. The van der Waals surface area contributed by atoms with E-state index in [1.54, 1.807) is 36.3 Å². The molecule has 1 aromatic carbocycles. The third kappa shape index (κ3) is 4.11. The standard InChI is InChI=1S/C15H19NO5/c1-20-12-5-2-6-13(9-12)21-10-14(17)16-7-3-4-11(16)8-15(18)19/h2,5-6,9,11H,3-4,7-8,10H2,1H3,(H,18,19)/t11-/m0/s1. The normalized spacial score (nSPS) is 17.6. The summed E-state index contributed by atoms with van der Waals surface area (Å²) in [6.45, 7) is 0.502. The summed E-state index contributed by atoms with van der Waals surface area (Å²) in [4.78, 5) is 24.5. The van der Waals surface area contributed by atoms with Crippen LogP contribution in [0.1, 0.15) is 19.3 Å². The van der Waals surface area contributed by atoms with Gasteiger partial charge in [-0.15, -0.1) is 0 Å². The number of nitrogens with zero attached hydrogens (tertiary/aromatic N) is 1. The molecule has 2 rings (SSSR count). The zero-order valence-electron chi connectivity index (χ0n) is 11.9. The van der Waals surface area contributed by atoms with Gasteiger partial charge in [0.2, 0.25) is 0 Å². The maximum atomic E-state index is 12.1. The lowest BCUT2D eigenvalue weighted by molar-refractivity contribution is -0.140. The molecule has 1 fully saturated rings. The molecule has 6 nitrogen and oxygen atoms in total. The van der Waals surface area contributed by atoms with Gasteiger partial charge in [-0.1, -0.05) is 6.07 Å². The number of aliphatic carboxylic acids is 1. The minimum absolute atomic E-state index is 0.00903. The number of carbonyl (C=O) groups excluding carboxylic acids is 1. The molecule has 1 aliphatic rings. The van der Waals surface area contributed by atoms with Crippen LogP contribution in [0.25, 0.3) is 0 Å². The Morgan fingerprint density at radius 1 is 1.38 bits per heavy atom. The van der Waals surface area contributed by atoms with Crippen LogP contribution in [0.2, 0.25) is 0 Å². The van der Waals surface area contributed by atoms with Crippen molar-refractivity contribution in [1.29, 1.82) is 0 Å². The van der Waals surface area contributed by atoms with Gasteiger partial charge in [-0.3, -0.25) is 9.59 Å². The summed E-state index contributed by atoms with van der Waals surface area (Å²) >= 11 is 0. The fourth-order valence-corrected chi connectivity index (χ4v) is 2.50. The summed E-state index contributed by atoms with van der Waals surface area (Å²) < 4.78 is 10.5. The van der Waals surface area contributed by atoms with Gasteiger partial charge in [0, 0.05) is 18.7 Å². The van der Waals surface area contributed by atoms with Gasteiger partial charge >= 0.3 is 5.97 Å². The second-order valence-corrected chi connectivity index (χ2v) is 4.95. The highest BCUT2D eigenvalue weighted by Crippen LogP contribution is 2.22. The lowest BCUT2D eigenvalue weighted by Gasteiger charge is -2.23. The molecule has 6 heteroatoms. The molecule has 1 heterocycles. The van der Waals surface area contributed by atoms with E-state index >= 15 is 0 Å². The Kier molecular flexibility index (Phi) is 5.03. The molecule has 1 aromatic rings. The predicted molar refractivity (Wildman–Crippen MR) is 75.5 cm³/mol. The third-order valence-corrected chi connectivity index (χ3v) is 3.51. The molecule has 1 atom stereocenters. The number of likely N-dealkylation sites (tertiary alicyclic amines) is 1. The van der Waals surface area contributed by atoms with Gasteiger partial charge in [-0.2, -0.15) is 0 Å². The smallest absolute Gasteiger partial charge is 0.305 e. The highest BCUT2D eigenvalue weighted by Gasteiger charge is 2.30. The van der Waals surface area contributed by atoms with Gasteiger partial charge in [-0.25, -0.2) is 0 Å². The lowest BCUT2D eigenvalue weighted by atomic mass is 10.1. The summed E-state index contributed by atoms with van der Waals surface area (Å²) in [6, 6.07) is 6.80. The van der Waals surface area contributed by atoms with E-state index in [9.17, 15) is 9.59 Å². The number of methoxy groups -OCH3 is 1. The maximum Gasteiger partial charge on any atom is 0.305 e. The van der Waals surface area contributed by atoms with Crippen molar-refractivity contribution in [2.75, 3.05) is 20.3 Å². The molecule has 0 spiro atoms. The third-order valence-electron chi connectivity index (χ3n) is 3.51. The van der Waals surface area contributed by atoms with Crippen LogP contribution in [0, 0.1) is 0 Å². The van der Waals surface area contributed by atoms with Crippen LogP contribution in [0.4, 0.5) is 0 Å². The molecular weight excluding hydrogens is 274 g/mol. The van der Waals surface area contributed by atoms with Crippen molar-refractivity contribution in [3.8, 4) is 11.5 Å². The van der Waals surface area contributed by atoms with Crippen molar-refractivity contribution in [2.45, 2.75) is 25.3 Å². The number of benzene rings is 1. The molecule has 1 saturated heterocycles. The van der Waals surface area contributed by atoms with Gasteiger partial charge in [0.25, 0.3) is 5.91 Å². The minimum Gasteiger partial charge on any atom is -0.497 e. The van der Waals surface area contributed by atoms with Crippen LogP contribution in [0.15, 0.2) is 24.3 Å². The predicted octanol–water partition coefficient (Wildman–Crippen LogP) is 1.54. The van der Waals surface area contributed by atoms with Crippen LogP contribution in [-0.2, 0) is 9.59 Å². The van der Waals surface area contributed by atoms with Crippen molar-refractivity contribution < 1.29 is 24.2 Å². The average Bonchev–Trinajstić information content (AvgIpc) is 2.92. The Bertz CT molecular complexity index is 517. The van der Waals surface area contributed by atoms with Gasteiger partial charge in [0.05, 0.1) is 13.5 Å². The second kappa shape index (κ2) is 6.97. The fraction of sp³-hybridized carbons (Fsp3) is 0.467. The molecule has 1 aliphatic heterocycles. The summed E-state index contributed by atoms with van der Waals surface area (Å²) in [5.74, 6) is 0.150. The Morgan fingerprint density at radius 2 is 2.14 bits per heavy atom. The monoisotopic (exact) mass is 293 g/mol. The van der Waals surface area contributed by atoms with E-state index in [-0.39, 0.29) is 25.0 Å². The zero-order valence-corrected chi connectivity index (χ0v) is 11.9. The molecule has 21 heavy (non-hydrogen) atoms. The Morgan fingerprint density at radius 3 is 2.86 bits per heavy atom. The van der Waals surface area contributed by atoms with Crippen molar-refractivity contribution in [1.82, 2.24) is 4.90 Å². The van der Waals surface area contributed by atoms with Crippen LogP contribution in [0.3, 0.4) is 0 Å². The largest absolute Gasteiger partial charge is 0.497 e. The number of amides is 1. The van der Waals surface area contributed by atoms with E-state index in [0.717, 1.165) is 12.8 Å². The summed E-state index contributed by atoms with van der Waals surface area (Å²) in [7, 11) is 1.56. The molecule has 0 aromatic heterocycles. The Hall–Kier alpha value is -2.24. The van der Waals surface area contributed by atoms with E-state index in [2.05, 4.69) is 0 Å². The average molecular weight is 293 g/mol. The van der Waals surface area contributed by atoms with Gasteiger partial charge < -0.3 is 19.5 Å². The molecule has 114 valence electrons. The fourth-order valence-electron chi connectivity index (χ4n) is 2.50. The molecule has 1 N–H and O–H groups in total. The van der Waals surface area contributed by atoms with E-state index in [4.69, 9.17) is 14.6 Å². The van der Waals surface area contributed by atoms with Crippen molar-refractivity contribution >= 4 is 11.9 Å². The number of hydrogen-bond donors (Lipinski definition) is 1. The molecule has 1 amide bonds. The molecular formula is C15H19NO5. The molecule has 0 bridgehead atoms. The second-order valence-electron chi connectivity index (χ2n) is 4.95. The Balaban J connectivity index is 1.90. The zero-order chi connectivity index (χ0) is 15.2. The first-order chi connectivity index (χ1) is 10.1. The van der Waals surface area contributed by atoms with Crippen molar-refractivity contribution in [2.24, 2.45) is 0 Å². The Labute approximate surface area is 123 Å². The summed E-state index contributed by atoms with van der Waals surface area (Å²) in [6.07, 6.45) is 1.56. The van der Waals surface area contributed by atoms with Crippen LogP contribution in [-0.4, -0.2) is 48.2 Å². The van der Waals surface area contributed by atoms with Crippen molar-refractivity contribution in [3.05, 3.63) is 24.3 Å². The van der Waals surface area contributed by atoms with Crippen molar-refractivity contribution in [3.63, 3.8) is 0 Å². The topological polar surface area (TPSA) is 76.1 Å². The summed E-state index contributed by atoms with van der Waals surface area (Å²) in [5, 5.41) is 8.86. The van der Waals surface area contributed by atoms with E-state index in [1.165, 1.54) is 0 Å². The van der Waals surface area contributed by atoms with Crippen LogP contribution in [0.5, 0.6) is 11.5 Å². The van der Waals surface area contributed by atoms with Gasteiger partial charge in [0.1, 0.15) is 11.5 Å². The minimum atomic E-state index is -0.881.